The number of amides is 1. The van der Waals surface area contributed by atoms with Crippen molar-refractivity contribution in [3.05, 3.63) is 0 Å². The Hall–Kier alpha value is -0.610. The minimum Gasteiger partial charge on any atom is -0.380 e. The Kier molecular flexibility index (Phi) is 6.60. The van der Waals surface area contributed by atoms with Crippen LogP contribution >= 0.6 is 0 Å². The van der Waals surface area contributed by atoms with E-state index in [-0.39, 0.29) is 11.3 Å². The molecular formula is C12H26N2O2. The van der Waals surface area contributed by atoms with Crippen LogP contribution in [-0.4, -0.2) is 43.2 Å². The van der Waals surface area contributed by atoms with Crippen molar-refractivity contribution in [1.82, 2.24) is 4.90 Å². The van der Waals surface area contributed by atoms with Gasteiger partial charge in [0.1, 0.15) is 0 Å². The van der Waals surface area contributed by atoms with Gasteiger partial charge in [-0.3, -0.25) is 4.79 Å². The summed E-state index contributed by atoms with van der Waals surface area (Å²) in [6.07, 6.45) is 0. The van der Waals surface area contributed by atoms with E-state index in [0.29, 0.717) is 26.3 Å². The summed E-state index contributed by atoms with van der Waals surface area (Å²) in [5, 5.41) is 0. The summed E-state index contributed by atoms with van der Waals surface area (Å²) >= 11 is 0. The van der Waals surface area contributed by atoms with Gasteiger partial charge in [0.2, 0.25) is 5.91 Å². The monoisotopic (exact) mass is 230 g/mol. The summed E-state index contributed by atoms with van der Waals surface area (Å²) in [7, 11) is 0. The molecule has 1 amide bonds. The molecule has 0 saturated carbocycles. The van der Waals surface area contributed by atoms with Crippen LogP contribution in [0.2, 0.25) is 0 Å². The quantitative estimate of drug-likeness (QED) is 0.699. The lowest BCUT2D eigenvalue weighted by atomic mass is 9.86. The summed E-state index contributed by atoms with van der Waals surface area (Å²) in [6, 6.07) is -0.450. The zero-order chi connectivity index (χ0) is 12.8. The molecule has 0 saturated heterocycles. The van der Waals surface area contributed by atoms with E-state index in [4.69, 9.17) is 10.5 Å². The summed E-state index contributed by atoms with van der Waals surface area (Å²) in [5.41, 5.74) is 5.74. The van der Waals surface area contributed by atoms with E-state index >= 15 is 0 Å². The number of rotatable bonds is 6. The Balaban J connectivity index is 4.30. The van der Waals surface area contributed by atoms with Crippen LogP contribution in [-0.2, 0) is 9.53 Å². The van der Waals surface area contributed by atoms with Gasteiger partial charge in [-0.2, -0.15) is 0 Å². The number of carbonyl (C=O) groups excluding carboxylic acids is 1. The Morgan fingerprint density at radius 3 is 2.31 bits per heavy atom. The lowest BCUT2D eigenvalue weighted by Gasteiger charge is -2.31. The molecule has 4 heteroatoms. The highest BCUT2D eigenvalue weighted by Crippen LogP contribution is 2.18. The Labute approximate surface area is 99.1 Å². The molecule has 0 aromatic carbocycles. The molecule has 0 rings (SSSR count). The van der Waals surface area contributed by atoms with Crippen molar-refractivity contribution in [3.63, 3.8) is 0 Å². The lowest BCUT2D eigenvalue weighted by Crippen LogP contribution is -2.51. The highest BCUT2D eigenvalue weighted by molar-refractivity contribution is 5.82. The van der Waals surface area contributed by atoms with Gasteiger partial charge in [-0.05, 0) is 19.3 Å². The van der Waals surface area contributed by atoms with Gasteiger partial charge in [0.25, 0.3) is 0 Å². The van der Waals surface area contributed by atoms with E-state index in [0.717, 1.165) is 0 Å². The van der Waals surface area contributed by atoms with Gasteiger partial charge in [-0.15, -0.1) is 0 Å². The summed E-state index contributed by atoms with van der Waals surface area (Å²) in [5.74, 6) is 0.00898. The minimum absolute atomic E-state index is 0.00898. The Morgan fingerprint density at radius 2 is 1.94 bits per heavy atom. The first-order valence-electron chi connectivity index (χ1n) is 5.96. The second-order valence-electron chi connectivity index (χ2n) is 4.96. The molecule has 0 spiro atoms. The third-order valence-corrected chi connectivity index (χ3v) is 2.60. The second-order valence-corrected chi connectivity index (χ2v) is 4.96. The van der Waals surface area contributed by atoms with Crippen LogP contribution in [0.1, 0.15) is 34.6 Å². The largest absolute Gasteiger partial charge is 0.380 e. The van der Waals surface area contributed by atoms with Crippen molar-refractivity contribution >= 4 is 5.91 Å². The van der Waals surface area contributed by atoms with E-state index in [1.54, 1.807) is 4.90 Å². The molecule has 0 aromatic heterocycles. The number of carbonyl (C=O) groups is 1. The number of likely N-dealkylation sites (N-methyl/N-ethyl adjacent to an activating group) is 1. The van der Waals surface area contributed by atoms with Gasteiger partial charge < -0.3 is 15.4 Å². The molecule has 16 heavy (non-hydrogen) atoms. The second kappa shape index (κ2) is 6.86. The lowest BCUT2D eigenvalue weighted by molar-refractivity contribution is -0.135. The predicted molar refractivity (Wildman–Crippen MR) is 66.2 cm³/mol. The molecule has 0 fully saturated rings. The number of hydrogen-bond acceptors (Lipinski definition) is 3. The average molecular weight is 230 g/mol. The van der Waals surface area contributed by atoms with E-state index < -0.39 is 6.04 Å². The van der Waals surface area contributed by atoms with Crippen molar-refractivity contribution in [2.75, 3.05) is 26.3 Å². The molecule has 0 heterocycles. The van der Waals surface area contributed by atoms with Gasteiger partial charge in [-0.1, -0.05) is 20.8 Å². The fourth-order valence-corrected chi connectivity index (χ4v) is 1.31. The first-order valence-corrected chi connectivity index (χ1v) is 5.96. The molecule has 4 nitrogen and oxygen atoms in total. The molecule has 0 aliphatic carbocycles. The van der Waals surface area contributed by atoms with Crippen molar-refractivity contribution in [1.29, 1.82) is 0 Å². The number of hydrogen-bond donors (Lipinski definition) is 1. The zero-order valence-electron chi connectivity index (χ0n) is 11.2. The maximum absolute atomic E-state index is 12.1. The van der Waals surface area contributed by atoms with Crippen molar-refractivity contribution in [2.45, 2.75) is 40.7 Å². The topological polar surface area (TPSA) is 55.6 Å². The van der Waals surface area contributed by atoms with Crippen LogP contribution in [0.15, 0.2) is 0 Å². The summed E-state index contributed by atoms with van der Waals surface area (Å²) in [4.78, 5) is 13.8. The number of nitrogens with zero attached hydrogens (tertiary/aromatic N) is 1. The van der Waals surface area contributed by atoms with E-state index in [2.05, 4.69) is 0 Å². The van der Waals surface area contributed by atoms with E-state index in [9.17, 15) is 4.79 Å². The third-order valence-electron chi connectivity index (χ3n) is 2.60. The van der Waals surface area contributed by atoms with E-state index in [1.165, 1.54) is 0 Å². The Bertz CT molecular complexity index is 212. The summed E-state index contributed by atoms with van der Waals surface area (Å²) < 4.78 is 5.25. The molecule has 2 N–H and O–H groups in total. The molecule has 0 aliphatic heterocycles. The van der Waals surface area contributed by atoms with Crippen LogP contribution in [0, 0.1) is 5.41 Å². The van der Waals surface area contributed by atoms with Gasteiger partial charge in [0.15, 0.2) is 0 Å². The maximum Gasteiger partial charge on any atom is 0.240 e. The van der Waals surface area contributed by atoms with Crippen LogP contribution in [0.5, 0.6) is 0 Å². The summed E-state index contributed by atoms with van der Waals surface area (Å²) in [6.45, 7) is 12.4. The van der Waals surface area contributed by atoms with Crippen LogP contribution in [0.25, 0.3) is 0 Å². The molecule has 96 valence electrons. The fraction of sp³-hybridized carbons (Fsp3) is 0.917. The normalized spacial score (nSPS) is 13.6. The van der Waals surface area contributed by atoms with Gasteiger partial charge in [-0.25, -0.2) is 0 Å². The molecule has 0 aliphatic rings. The predicted octanol–water partition coefficient (Wildman–Crippen LogP) is 1.24. The molecule has 0 bridgehead atoms. The molecule has 0 unspecified atom stereocenters. The third kappa shape index (κ3) is 4.94. The van der Waals surface area contributed by atoms with Gasteiger partial charge >= 0.3 is 0 Å². The smallest absolute Gasteiger partial charge is 0.240 e. The number of ether oxygens (including phenoxy) is 1. The van der Waals surface area contributed by atoms with Gasteiger partial charge in [0, 0.05) is 19.7 Å². The first kappa shape index (κ1) is 15.4. The fourth-order valence-electron chi connectivity index (χ4n) is 1.31. The van der Waals surface area contributed by atoms with Crippen molar-refractivity contribution in [3.8, 4) is 0 Å². The molecule has 1 atom stereocenters. The van der Waals surface area contributed by atoms with Crippen LogP contribution < -0.4 is 5.73 Å². The van der Waals surface area contributed by atoms with Crippen LogP contribution in [0.3, 0.4) is 0 Å². The SMILES string of the molecule is CCOCCN(CC)C(=O)[C@H](N)C(C)(C)C. The van der Waals surface area contributed by atoms with E-state index in [1.807, 2.05) is 34.6 Å². The van der Waals surface area contributed by atoms with Crippen LogP contribution in [0.4, 0.5) is 0 Å². The average Bonchev–Trinajstić information content (AvgIpc) is 2.21. The highest BCUT2D eigenvalue weighted by Gasteiger charge is 2.30. The van der Waals surface area contributed by atoms with Crippen molar-refractivity contribution < 1.29 is 9.53 Å². The minimum atomic E-state index is -0.450. The van der Waals surface area contributed by atoms with Gasteiger partial charge in [0.05, 0.1) is 12.6 Å². The molecular weight excluding hydrogens is 204 g/mol. The zero-order valence-corrected chi connectivity index (χ0v) is 11.2. The first-order chi connectivity index (χ1) is 7.34. The molecule has 0 radical (unpaired) electrons. The molecule has 0 aromatic rings. The highest BCUT2D eigenvalue weighted by atomic mass is 16.5. The maximum atomic E-state index is 12.1. The number of nitrogens with two attached hydrogens (primary N) is 1. The Morgan fingerprint density at radius 1 is 1.38 bits per heavy atom. The van der Waals surface area contributed by atoms with Crippen molar-refractivity contribution in [2.24, 2.45) is 11.1 Å². The standard InChI is InChI=1S/C12H26N2O2/c1-6-14(8-9-16-7-2)11(15)10(13)12(3,4)5/h10H,6-9,13H2,1-5H3/t10-/m0/s1.